The molecule has 2 N–H and O–H groups in total. The van der Waals surface area contributed by atoms with Gasteiger partial charge in [0.1, 0.15) is 0 Å². The highest BCUT2D eigenvalue weighted by atomic mass is 16.3. The van der Waals surface area contributed by atoms with Crippen LogP contribution < -0.4 is 10.6 Å². The third kappa shape index (κ3) is 2.65. The molecule has 0 saturated carbocycles. The van der Waals surface area contributed by atoms with Crippen LogP contribution in [-0.4, -0.2) is 12.1 Å². The van der Waals surface area contributed by atoms with Crippen LogP contribution >= 0.6 is 0 Å². The first-order valence-corrected chi connectivity index (χ1v) is 3.79. The minimum absolute atomic E-state index is 0.125. The second-order valence-electron chi connectivity index (χ2n) is 2.73. The molecule has 1 aromatic rings. The van der Waals surface area contributed by atoms with Gasteiger partial charge in [0, 0.05) is 12.1 Å². The summed E-state index contributed by atoms with van der Waals surface area (Å²) in [5, 5.41) is 5.21. The number of carbonyl (C=O) groups excluding carboxylic acids is 1. The van der Waals surface area contributed by atoms with Gasteiger partial charge in [-0.05, 0) is 19.9 Å². The molecule has 0 spiro atoms. The predicted octanol–water partition coefficient (Wildman–Crippen LogP) is 1.81. The van der Waals surface area contributed by atoms with Gasteiger partial charge in [0.15, 0.2) is 0 Å². The van der Waals surface area contributed by atoms with Crippen LogP contribution in [0.1, 0.15) is 13.8 Å². The lowest BCUT2D eigenvalue weighted by Crippen LogP contribution is -2.33. The molecule has 4 nitrogen and oxygen atoms in total. The van der Waals surface area contributed by atoms with E-state index in [9.17, 15) is 4.79 Å². The molecule has 0 atom stereocenters. The first-order valence-electron chi connectivity index (χ1n) is 3.79. The zero-order chi connectivity index (χ0) is 8.97. The molecule has 1 aromatic heterocycles. The Kier molecular flexibility index (Phi) is 2.74. The lowest BCUT2D eigenvalue weighted by Gasteiger charge is -2.07. The van der Waals surface area contributed by atoms with E-state index in [4.69, 9.17) is 4.42 Å². The van der Waals surface area contributed by atoms with Crippen LogP contribution in [0.25, 0.3) is 0 Å². The SMILES string of the molecule is CC(C)NC(=O)Nc1ccco1. The summed E-state index contributed by atoms with van der Waals surface area (Å²) in [5.41, 5.74) is 0. The summed E-state index contributed by atoms with van der Waals surface area (Å²) in [5.74, 6) is 0.452. The number of furan rings is 1. The molecule has 1 rings (SSSR count). The Morgan fingerprint density at radius 2 is 2.33 bits per heavy atom. The van der Waals surface area contributed by atoms with Crippen molar-refractivity contribution in [2.75, 3.05) is 5.32 Å². The third-order valence-corrected chi connectivity index (χ3v) is 1.18. The van der Waals surface area contributed by atoms with Crippen molar-refractivity contribution in [2.45, 2.75) is 19.9 Å². The summed E-state index contributed by atoms with van der Waals surface area (Å²) in [7, 11) is 0. The number of hydrogen-bond donors (Lipinski definition) is 2. The summed E-state index contributed by atoms with van der Waals surface area (Å²) in [6.07, 6.45) is 1.50. The molecule has 12 heavy (non-hydrogen) atoms. The van der Waals surface area contributed by atoms with Gasteiger partial charge >= 0.3 is 6.03 Å². The highest BCUT2D eigenvalue weighted by Crippen LogP contribution is 2.05. The molecule has 0 aliphatic carbocycles. The van der Waals surface area contributed by atoms with Crippen molar-refractivity contribution < 1.29 is 9.21 Å². The number of nitrogens with one attached hydrogen (secondary N) is 2. The first kappa shape index (κ1) is 8.64. The third-order valence-electron chi connectivity index (χ3n) is 1.18. The highest BCUT2D eigenvalue weighted by molar-refractivity contribution is 5.87. The standard InChI is InChI=1S/C8H12N2O2/c1-6(2)9-8(11)10-7-4-3-5-12-7/h3-6H,1-2H3,(H2,9,10,11). The van der Waals surface area contributed by atoms with Gasteiger partial charge in [0.2, 0.25) is 5.88 Å². The van der Waals surface area contributed by atoms with Crippen molar-refractivity contribution in [3.63, 3.8) is 0 Å². The van der Waals surface area contributed by atoms with Crippen molar-refractivity contribution in [3.05, 3.63) is 18.4 Å². The van der Waals surface area contributed by atoms with Crippen LogP contribution in [0.3, 0.4) is 0 Å². The van der Waals surface area contributed by atoms with Crippen molar-refractivity contribution in [1.82, 2.24) is 5.32 Å². The second kappa shape index (κ2) is 3.80. The van der Waals surface area contributed by atoms with Crippen molar-refractivity contribution in [1.29, 1.82) is 0 Å². The Bertz CT molecular complexity index is 242. The lowest BCUT2D eigenvalue weighted by atomic mass is 10.4. The minimum atomic E-state index is -0.250. The Hall–Kier alpha value is -1.45. The fourth-order valence-corrected chi connectivity index (χ4v) is 0.760. The monoisotopic (exact) mass is 168 g/mol. The maximum absolute atomic E-state index is 11.0. The van der Waals surface area contributed by atoms with Crippen LogP contribution in [0.5, 0.6) is 0 Å². The van der Waals surface area contributed by atoms with Crippen LogP contribution in [0, 0.1) is 0 Å². The average Bonchev–Trinajstić information content (AvgIpc) is 2.37. The Morgan fingerprint density at radius 3 is 2.83 bits per heavy atom. The van der Waals surface area contributed by atoms with Crippen LogP contribution in [0.2, 0.25) is 0 Å². The molecule has 1 heterocycles. The maximum atomic E-state index is 11.0. The van der Waals surface area contributed by atoms with E-state index < -0.39 is 0 Å². The average molecular weight is 168 g/mol. The van der Waals surface area contributed by atoms with Crippen LogP contribution in [0.4, 0.5) is 10.7 Å². The molecule has 0 bridgehead atoms. The molecule has 0 unspecified atom stereocenters. The quantitative estimate of drug-likeness (QED) is 0.707. The Labute approximate surface area is 70.9 Å². The largest absolute Gasteiger partial charge is 0.449 e. The van der Waals surface area contributed by atoms with E-state index in [-0.39, 0.29) is 12.1 Å². The minimum Gasteiger partial charge on any atom is -0.449 e. The summed E-state index contributed by atoms with van der Waals surface area (Å²) in [6.45, 7) is 3.78. The molecule has 0 aliphatic heterocycles. The van der Waals surface area contributed by atoms with E-state index in [2.05, 4.69) is 10.6 Å². The van der Waals surface area contributed by atoms with Gasteiger partial charge in [-0.25, -0.2) is 4.79 Å². The molecule has 0 fully saturated rings. The van der Waals surface area contributed by atoms with E-state index in [0.717, 1.165) is 0 Å². The fraction of sp³-hybridized carbons (Fsp3) is 0.375. The normalized spacial score (nSPS) is 9.92. The zero-order valence-corrected chi connectivity index (χ0v) is 7.13. The van der Waals surface area contributed by atoms with Gasteiger partial charge < -0.3 is 9.73 Å². The molecule has 2 amide bonds. The van der Waals surface area contributed by atoms with Gasteiger partial charge in [-0.2, -0.15) is 0 Å². The molecule has 0 saturated heterocycles. The van der Waals surface area contributed by atoms with Crippen LogP contribution in [-0.2, 0) is 0 Å². The first-order chi connectivity index (χ1) is 5.68. The number of hydrogen-bond acceptors (Lipinski definition) is 2. The molecule has 0 radical (unpaired) electrons. The van der Waals surface area contributed by atoms with Crippen LogP contribution in [0.15, 0.2) is 22.8 Å². The number of urea groups is 1. The lowest BCUT2D eigenvalue weighted by molar-refractivity contribution is 0.249. The number of amides is 2. The highest BCUT2D eigenvalue weighted by Gasteiger charge is 2.03. The predicted molar refractivity (Wildman–Crippen MR) is 46.0 cm³/mol. The molecule has 4 heteroatoms. The van der Waals surface area contributed by atoms with Gasteiger partial charge in [0.25, 0.3) is 0 Å². The number of anilines is 1. The Morgan fingerprint density at radius 1 is 1.58 bits per heavy atom. The van der Waals surface area contributed by atoms with Crippen molar-refractivity contribution >= 4 is 11.9 Å². The van der Waals surface area contributed by atoms with Gasteiger partial charge in [-0.3, -0.25) is 5.32 Å². The molecule has 0 aromatic carbocycles. The molecule has 0 aliphatic rings. The smallest absolute Gasteiger partial charge is 0.321 e. The number of rotatable bonds is 2. The van der Waals surface area contributed by atoms with Crippen molar-refractivity contribution in [2.24, 2.45) is 0 Å². The van der Waals surface area contributed by atoms with E-state index in [1.165, 1.54) is 6.26 Å². The topological polar surface area (TPSA) is 54.3 Å². The van der Waals surface area contributed by atoms with E-state index in [1.807, 2.05) is 13.8 Å². The second-order valence-corrected chi connectivity index (χ2v) is 2.73. The van der Waals surface area contributed by atoms with E-state index in [0.29, 0.717) is 5.88 Å². The Balaban J connectivity index is 2.37. The van der Waals surface area contributed by atoms with E-state index >= 15 is 0 Å². The summed E-state index contributed by atoms with van der Waals surface area (Å²) >= 11 is 0. The summed E-state index contributed by atoms with van der Waals surface area (Å²) in [6, 6.07) is 3.27. The molecular weight excluding hydrogens is 156 g/mol. The fourth-order valence-electron chi connectivity index (χ4n) is 0.760. The van der Waals surface area contributed by atoms with Gasteiger partial charge in [0.05, 0.1) is 6.26 Å². The maximum Gasteiger partial charge on any atom is 0.321 e. The summed E-state index contributed by atoms with van der Waals surface area (Å²) < 4.78 is 4.91. The van der Waals surface area contributed by atoms with Gasteiger partial charge in [-0.15, -0.1) is 0 Å². The molecule has 66 valence electrons. The van der Waals surface area contributed by atoms with Crippen molar-refractivity contribution in [3.8, 4) is 0 Å². The van der Waals surface area contributed by atoms with Gasteiger partial charge in [-0.1, -0.05) is 0 Å². The van der Waals surface area contributed by atoms with E-state index in [1.54, 1.807) is 12.1 Å². The number of carbonyl (C=O) groups is 1. The summed E-state index contributed by atoms with van der Waals surface area (Å²) in [4.78, 5) is 11.0. The molecular formula is C8H12N2O2. The zero-order valence-electron chi connectivity index (χ0n) is 7.13.